The molecule has 0 spiro atoms. The van der Waals surface area contributed by atoms with E-state index in [4.69, 9.17) is 4.74 Å². The summed E-state index contributed by atoms with van der Waals surface area (Å²) in [6.45, 7) is 14.6. The molecule has 1 aliphatic rings. The van der Waals surface area contributed by atoms with Crippen LogP contribution < -0.4 is 20.9 Å². The van der Waals surface area contributed by atoms with Crippen LogP contribution >= 0.6 is 0 Å². The van der Waals surface area contributed by atoms with E-state index in [-0.39, 0.29) is 28.8 Å². The normalized spacial score (nSPS) is 13.7. The third-order valence-corrected chi connectivity index (χ3v) is 9.12. The lowest BCUT2D eigenvalue weighted by Gasteiger charge is -2.26. The van der Waals surface area contributed by atoms with Gasteiger partial charge in [-0.15, -0.1) is 0 Å². The molecular weight excluding hydrogens is 602 g/mol. The maximum Gasteiger partial charge on any atom is 0.323 e. The molecular formula is C39H51N5O4. The van der Waals surface area contributed by atoms with Crippen LogP contribution in [0.5, 0.6) is 11.5 Å². The van der Waals surface area contributed by atoms with Crippen molar-refractivity contribution in [2.45, 2.75) is 91.5 Å². The SMILES string of the molecule is CCCCn1c(=O)c(NC(=O)Nc2c(C(C)C)cc(O)cc2C(C)C)c(-c2cccc(OCCCN3CCCCC3)c2)c2cccnc21. The molecule has 256 valence electrons. The Bertz CT molecular complexity index is 1750. The topological polar surface area (TPSA) is 109 Å². The number of carbonyl (C=O) groups excluding carboxylic acids is 1. The van der Waals surface area contributed by atoms with Crippen molar-refractivity contribution in [1.29, 1.82) is 0 Å². The number of unbranched alkanes of at least 4 members (excludes halogenated alkanes) is 1. The highest BCUT2D eigenvalue weighted by molar-refractivity contribution is 6.08. The summed E-state index contributed by atoms with van der Waals surface area (Å²) >= 11 is 0. The number of pyridine rings is 2. The zero-order valence-corrected chi connectivity index (χ0v) is 29.1. The van der Waals surface area contributed by atoms with Crippen LogP contribution in [0.1, 0.15) is 96.1 Å². The standard InChI is InChI=1S/C39H51N5O4/c1-6-7-21-44-37-31(16-12-17-40-37)34(28-14-11-15-30(23-28)48-22-13-20-43-18-9-8-10-19-43)36(38(44)46)42-39(47)41-35-32(26(2)3)24-29(45)25-33(35)27(4)5/h11-12,14-17,23-27,45H,6-10,13,18-22H2,1-5H3,(H2,41,42,47). The Labute approximate surface area is 284 Å². The van der Waals surface area contributed by atoms with Gasteiger partial charge in [-0.2, -0.15) is 0 Å². The van der Waals surface area contributed by atoms with Crippen LogP contribution in [0.15, 0.2) is 59.5 Å². The van der Waals surface area contributed by atoms with Crippen LogP contribution in [0.4, 0.5) is 16.2 Å². The predicted molar refractivity (Wildman–Crippen MR) is 196 cm³/mol. The number of urea groups is 1. The van der Waals surface area contributed by atoms with E-state index in [1.807, 2.05) is 64.1 Å². The van der Waals surface area contributed by atoms with Gasteiger partial charge in [0, 0.05) is 35.9 Å². The smallest absolute Gasteiger partial charge is 0.323 e. The van der Waals surface area contributed by atoms with Gasteiger partial charge in [-0.1, -0.05) is 59.6 Å². The van der Waals surface area contributed by atoms with E-state index >= 15 is 0 Å². The van der Waals surface area contributed by atoms with Crippen molar-refractivity contribution in [3.8, 4) is 22.6 Å². The van der Waals surface area contributed by atoms with E-state index in [0.29, 0.717) is 35.8 Å². The van der Waals surface area contributed by atoms with Crippen LogP contribution in [-0.2, 0) is 6.54 Å². The van der Waals surface area contributed by atoms with E-state index < -0.39 is 6.03 Å². The summed E-state index contributed by atoms with van der Waals surface area (Å²) in [5.74, 6) is 0.952. The minimum Gasteiger partial charge on any atom is -0.508 e. The number of amides is 2. The van der Waals surface area contributed by atoms with Crippen molar-refractivity contribution in [1.82, 2.24) is 14.5 Å². The molecule has 5 rings (SSSR count). The molecule has 2 amide bonds. The van der Waals surface area contributed by atoms with Crippen molar-refractivity contribution >= 4 is 28.4 Å². The predicted octanol–water partition coefficient (Wildman–Crippen LogP) is 8.71. The Morgan fingerprint density at radius 3 is 2.31 bits per heavy atom. The maximum absolute atomic E-state index is 14.3. The van der Waals surface area contributed by atoms with Gasteiger partial charge in [-0.3, -0.25) is 9.36 Å². The first kappa shape index (κ1) is 35.0. The number of aromatic hydroxyl groups is 1. The highest BCUT2D eigenvalue weighted by Gasteiger charge is 2.23. The molecule has 1 fully saturated rings. The molecule has 0 saturated carbocycles. The molecule has 0 bridgehead atoms. The number of rotatable bonds is 13. The Balaban J connectivity index is 1.52. The van der Waals surface area contributed by atoms with Gasteiger partial charge in [-0.05, 0) is 104 Å². The minimum atomic E-state index is -0.529. The van der Waals surface area contributed by atoms with E-state index in [2.05, 4.69) is 27.4 Å². The number of phenolic OH excluding ortho intramolecular Hbond substituents is 1. The second-order valence-electron chi connectivity index (χ2n) is 13.5. The van der Waals surface area contributed by atoms with Crippen molar-refractivity contribution in [2.24, 2.45) is 0 Å². The number of carbonyl (C=O) groups is 1. The minimum absolute atomic E-state index is 0.0427. The molecule has 0 radical (unpaired) electrons. The molecule has 3 heterocycles. The number of ether oxygens (including phenoxy) is 1. The van der Waals surface area contributed by atoms with Gasteiger partial charge in [0.15, 0.2) is 0 Å². The number of benzene rings is 2. The third kappa shape index (κ3) is 8.19. The van der Waals surface area contributed by atoms with E-state index in [9.17, 15) is 14.7 Å². The Hall–Kier alpha value is -4.37. The summed E-state index contributed by atoms with van der Waals surface area (Å²) in [5.41, 5.74) is 4.09. The lowest BCUT2D eigenvalue weighted by atomic mass is 9.92. The van der Waals surface area contributed by atoms with Gasteiger partial charge < -0.3 is 25.4 Å². The summed E-state index contributed by atoms with van der Waals surface area (Å²) in [6.07, 6.45) is 8.18. The van der Waals surface area contributed by atoms with Gasteiger partial charge in [0.05, 0.1) is 6.61 Å². The second kappa shape index (κ2) is 16.2. The zero-order chi connectivity index (χ0) is 34.2. The largest absolute Gasteiger partial charge is 0.508 e. The number of aromatic nitrogens is 2. The molecule has 9 heteroatoms. The number of phenols is 1. The van der Waals surface area contributed by atoms with Crippen molar-refractivity contribution in [3.63, 3.8) is 0 Å². The number of piperidine rings is 1. The molecule has 2 aromatic heterocycles. The first-order valence-corrected chi connectivity index (χ1v) is 17.6. The first-order chi connectivity index (χ1) is 23.2. The second-order valence-corrected chi connectivity index (χ2v) is 13.5. The number of likely N-dealkylation sites (tertiary alicyclic amines) is 1. The molecule has 0 unspecified atom stereocenters. The fraction of sp³-hybridized carbons (Fsp3) is 0.462. The van der Waals surface area contributed by atoms with Crippen molar-refractivity contribution in [2.75, 3.05) is 36.9 Å². The van der Waals surface area contributed by atoms with Crippen molar-refractivity contribution < 1.29 is 14.6 Å². The lowest BCUT2D eigenvalue weighted by Crippen LogP contribution is -2.31. The summed E-state index contributed by atoms with van der Waals surface area (Å²) in [6, 6.07) is 14.4. The molecule has 2 aromatic carbocycles. The quantitative estimate of drug-likeness (QED) is 0.0984. The average Bonchev–Trinajstić information content (AvgIpc) is 3.07. The highest BCUT2D eigenvalue weighted by Crippen LogP contribution is 2.38. The molecule has 0 aliphatic carbocycles. The molecule has 48 heavy (non-hydrogen) atoms. The number of nitrogens with one attached hydrogen (secondary N) is 2. The number of hydrogen-bond acceptors (Lipinski definition) is 6. The number of hydrogen-bond donors (Lipinski definition) is 3. The average molecular weight is 654 g/mol. The van der Waals surface area contributed by atoms with Gasteiger partial charge in [0.1, 0.15) is 22.8 Å². The Kier molecular flexibility index (Phi) is 11.8. The maximum atomic E-state index is 14.3. The molecule has 3 N–H and O–H groups in total. The number of fused-ring (bicyclic) bond motifs is 1. The van der Waals surface area contributed by atoms with Crippen LogP contribution in [0.25, 0.3) is 22.2 Å². The fourth-order valence-corrected chi connectivity index (χ4v) is 6.61. The number of aryl methyl sites for hydroxylation is 1. The van der Waals surface area contributed by atoms with Crippen LogP contribution in [0, 0.1) is 0 Å². The Morgan fingerprint density at radius 1 is 0.917 bits per heavy atom. The first-order valence-electron chi connectivity index (χ1n) is 17.6. The van der Waals surface area contributed by atoms with Crippen LogP contribution in [0.2, 0.25) is 0 Å². The number of nitrogens with zero attached hydrogens (tertiary/aromatic N) is 3. The van der Waals surface area contributed by atoms with Crippen LogP contribution in [-0.4, -0.2) is 51.8 Å². The summed E-state index contributed by atoms with van der Waals surface area (Å²) in [7, 11) is 0. The van der Waals surface area contributed by atoms with E-state index in [1.165, 1.54) is 19.3 Å². The molecule has 9 nitrogen and oxygen atoms in total. The van der Waals surface area contributed by atoms with Gasteiger partial charge >= 0.3 is 6.03 Å². The molecule has 1 saturated heterocycles. The zero-order valence-electron chi connectivity index (χ0n) is 29.1. The van der Waals surface area contributed by atoms with Gasteiger partial charge in [-0.25, -0.2) is 9.78 Å². The lowest BCUT2D eigenvalue weighted by molar-refractivity contribution is 0.205. The molecule has 0 atom stereocenters. The monoisotopic (exact) mass is 653 g/mol. The summed E-state index contributed by atoms with van der Waals surface area (Å²) in [4.78, 5) is 35.4. The Morgan fingerprint density at radius 2 is 1.62 bits per heavy atom. The van der Waals surface area contributed by atoms with Gasteiger partial charge in [0.25, 0.3) is 5.56 Å². The number of anilines is 2. The summed E-state index contributed by atoms with van der Waals surface area (Å²) < 4.78 is 7.88. The third-order valence-electron chi connectivity index (χ3n) is 9.12. The molecule has 1 aliphatic heterocycles. The highest BCUT2D eigenvalue weighted by atomic mass is 16.5. The van der Waals surface area contributed by atoms with Gasteiger partial charge in [0.2, 0.25) is 0 Å². The summed E-state index contributed by atoms with van der Waals surface area (Å²) in [5, 5.41) is 17.2. The fourth-order valence-electron chi connectivity index (χ4n) is 6.61. The van der Waals surface area contributed by atoms with E-state index in [0.717, 1.165) is 61.0 Å². The van der Waals surface area contributed by atoms with Crippen molar-refractivity contribution in [3.05, 3.63) is 76.2 Å². The molecule has 4 aromatic rings. The van der Waals surface area contributed by atoms with Crippen LogP contribution in [0.3, 0.4) is 0 Å². The van der Waals surface area contributed by atoms with E-state index in [1.54, 1.807) is 22.9 Å².